The van der Waals surface area contributed by atoms with Crippen LogP contribution in [0.3, 0.4) is 0 Å². The van der Waals surface area contributed by atoms with Crippen LogP contribution in [0.2, 0.25) is 0 Å². The molecule has 0 aromatic carbocycles. The summed E-state index contributed by atoms with van der Waals surface area (Å²) < 4.78 is 0.132. The van der Waals surface area contributed by atoms with Gasteiger partial charge in [0.25, 0.3) is 0 Å². The number of aliphatic carboxylic acids is 1. The van der Waals surface area contributed by atoms with Crippen molar-refractivity contribution in [1.82, 2.24) is 0 Å². The van der Waals surface area contributed by atoms with Crippen LogP contribution >= 0.6 is 45.6 Å². The van der Waals surface area contributed by atoms with Crippen LogP contribution in [0.1, 0.15) is 90.9 Å². The summed E-state index contributed by atoms with van der Waals surface area (Å²) in [6.45, 7) is 4.03. The van der Waals surface area contributed by atoms with Crippen LogP contribution in [0, 0.1) is 11.3 Å². The summed E-state index contributed by atoms with van der Waals surface area (Å²) in [5, 5.41) is 18.0. The number of hydrogen-bond donors (Lipinski definition) is 1. The first-order valence-corrected chi connectivity index (χ1v) is 13.1. The Labute approximate surface area is 177 Å². The molecule has 3 nitrogen and oxygen atoms in total. The van der Waals surface area contributed by atoms with Crippen molar-refractivity contribution >= 4 is 55.1 Å². The number of thioether (sulfide) groups is 1. The number of thiocarbonyl (C=S) groups is 1. The van der Waals surface area contributed by atoms with E-state index in [2.05, 4.69) is 13.0 Å². The number of nitrogens with zero attached hydrogens (tertiary/aromatic N) is 1. The van der Waals surface area contributed by atoms with Gasteiger partial charge in [-0.3, -0.25) is 4.79 Å². The van der Waals surface area contributed by atoms with Crippen molar-refractivity contribution in [2.24, 2.45) is 0 Å². The molecule has 0 spiro atoms. The third kappa shape index (κ3) is 16.3. The second-order valence-corrected chi connectivity index (χ2v) is 11.6. The number of rotatable bonds is 16. The molecule has 0 saturated heterocycles. The van der Waals surface area contributed by atoms with Gasteiger partial charge < -0.3 is 5.11 Å². The molecule has 1 N–H and O–H groups in total. The Bertz CT molecular complexity index is 440. The van der Waals surface area contributed by atoms with Gasteiger partial charge >= 0.3 is 5.97 Å². The van der Waals surface area contributed by atoms with Crippen molar-refractivity contribution in [2.45, 2.75) is 95.6 Å². The molecule has 150 valence electrons. The monoisotopic (exact) mass is 435 g/mol. The number of carboxylic acid groups (broad SMARTS) is 1. The highest BCUT2D eigenvalue weighted by Crippen LogP contribution is 2.41. The summed E-state index contributed by atoms with van der Waals surface area (Å²) in [5.74, 6) is 0.163. The number of carbonyl (C=O) groups is 1. The van der Waals surface area contributed by atoms with Gasteiger partial charge in [0.2, 0.25) is 0 Å². The summed E-state index contributed by atoms with van der Waals surface area (Å²) in [7, 11) is 2.82. The molecule has 0 aromatic heterocycles. The average Bonchev–Trinajstić information content (AvgIpc) is 2.62. The molecule has 0 aromatic rings. The minimum Gasteiger partial charge on any atom is -0.481 e. The maximum atomic E-state index is 10.7. The van der Waals surface area contributed by atoms with E-state index < -0.39 is 10.7 Å². The lowest BCUT2D eigenvalue weighted by Gasteiger charge is -2.18. The number of unbranched alkanes of at least 4 members (excludes halogenated alkanes) is 9. The van der Waals surface area contributed by atoms with Crippen LogP contribution < -0.4 is 0 Å². The van der Waals surface area contributed by atoms with Gasteiger partial charge in [-0.05, 0) is 36.3 Å². The highest BCUT2D eigenvalue weighted by atomic mass is 33.1. The molecule has 0 aliphatic carbocycles. The predicted octanol–water partition coefficient (Wildman–Crippen LogP) is 7.45. The van der Waals surface area contributed by atoms with E-state index in [9.17, 15) is 10.1 Å². The topological polar surface area (TPSA) is 61.1 Å². The molecule has 0 saturated carbocycles. The third-order valence-corrected chi connectivity index (χ3v) is 9.37. The normalized spacial score (nSPS) is 13.1. The predicted molar refractivity (Wildman–Crippen MR) is 123 cm³/mol. The van der Waals surface area contributed by atoms with Crippen LogP contribution in [0.15, 0.2) is 0 Å². The Morgan fingerprint density at radius 1 is 1.08 bits per heavy atom. The first kappa shape index (κ1) is 26.1. The fraction of sp³-hybridized carbons (Fsp3) is 0.842. The van der Waals surface area contributed by atoms with Crippen molar-refractivity contribution in [3.05, 3.63) is 0 Å². The van der Waals surface area contributed by atoms with E-state index >= 15 is 0 Å². The Hall–Kier alpha value is 0.1000. The van der Waals surface area contributed by atoms with Gasteiger partial charge in [-0.1, -0.05) is 87.7 Å². The van der Waals surface area contributed by atoms with Crippen molar-refractivity contribution in [3.63, 3.8) is 0 Å². The van der Waals surface area contributed by atoms with E-state index in [1.54, 1.807) is 18.7 Å². The van der Waals surface area contributed by atoms with Crippen molar-refractivity contribution < 1.29 is 9.90 Å². The average molecular weight is 436 g/mol. The van der Waals surface area contributed by atoms with Crippen LogP contribution in [0.4, 0.5) is 0 Å². The molecule has 1 atom stereocenters. The molecular formula is C19H33NO2S4. The third-order valence-electron chi connectivity index (χ3n) is 4.06. The Morgan fingerprint density at radius 2 is 1.62 bits per heavy atom. The molecule has 0 amide bonds. The zero-order valence-corrected chi connectivity index (χ0v) is 19.4. The van der Waals surface area contributed by atoms with Crippen LogP contribution in [-0.2, 0) is 4.79 Å². The van der Waals surface area contributed by atoms with E-state index in [1.807, 2.05) is 0 Å². The van der Waals surface area contributed by atoms with Gasteiger partial charge in [0, 0.05) is 6.42 Å². The highest BCUT2D eigenvalue weighted by molar-refractivity contribution is 8.88. The maximum Gasteiger partial charge on any atom is 0.303 e. The molecule has 1 unspecified atom stereocenters. The SMILES string of the molecule is CCCCCCCCCCCCSC(=S)SSC(C)(C#N)CCC(=O)O. The fourth-order valence-electron chi connectivity index (χ4n) is 2.36. The Kier molecular flexibility index (Phi) is 17.3. The second kappa shape index (κ2) is 17.2. The van der Waals surface area contributed by atoms with E-state index in [4.69, 9.17) is 17.3 Å². The standard InChI is InChI=1S/C19H33NO2S4/c1-3-4-5-6-7-8-9-10-11-12-15-24-18(23)25-26-19(2,16-20)14-13-17(21)22/h3-15H2,1-2H3,(H,21,22). The van der Waals surface area contributed by atoms with Gasteiger partial charge in [0.05, 0.1) is 6.07 Å². The Morgan fingerprint density at radius 3 is 2.12 bits per heavy atom. The molecule has 7 heteroatoms. The second-order valence-electron chi connectivity index (χ2n) is 6.68. The quantitative estimate of drug-likeness (QED) is 0.153. The number of carboxylic acids is 1. The first-order chi connectivity index (χ1) is 12.4. The summed E-state index contributed by atoms with van der Waals surface area (Å²) in [4.78, 5) is 10.7. The number of hydrogen-bond acceptors (Lipinski definition) is 6. The maximum absolute atomic E-state index is 10.7. The minimum absolute atomic E-state index is 0.0100. The van der Waals surface area contributed by atoms with Gasteiger partial charge in [-0.15, -0.1) is 11.8 Å². The lowest BCUT2D eigenvalue weighted by molar-refractivity contribution is -0.137. The van der Waals surface area contributed by atoms with Crippen LogP contribution in [0.25, 0.3) is 0 Å². The molecule has 0 bridgehead atoms. The van der Waals surface area contributed by atoms with Crippen molar-refractivity contribution in [3.8, 4) is 6.07 Å². The largest absolute Gasteiger partial charge is 0.481 e. The van der Waals surface area contributed by atoms with Crippen molar-refractivity contribution in [2.75, 3.05) is 5.75 Å². The van der Waals surface area contributed by atoms with Gasteiger partial charge in [0.15, 0.2) is 0 Å². The smallest absolute Gasteiger partial charge is 0.303 e. The molecule has 0 aliphatic rings. The molecule has 26 heavy (non-hydrogen) atoms. The first-order valence-electron chi connectivity index (χ1n) is 9.59. The van der Waals surface area contributed by atoms with Gasteiger partial charge in [-0.2, -0.15) is 5.26 Å². The summed E-state index contributed by atoms with van der Waals surface area (Å²) in [6.07, 6.45) is 13.7. The fourth-order valence-corrected chi connectivity index (χ4v) is 6.20. The molecule has 0 rings (SSSR count). The molecule has 0 aliphatic heterocycles. The zero-order valence-electron chi connectivity index (χ0n) is 16.1. The summed E-state index contributed by atoms with van der Waals surface area (Å²) in [5.41, 5.74) is 0. The summed E-state index contributed by atoms with van der Waals surface area (Å²) in [6, 6.07) is 2.21. The van der Waals surface area contributed by atoms with Crippen molar-refractivity contribution in [1.29, 1.82) is 5.26 Å². The zero-order chi connectivity index (χ0) is 19.7. The molecule has 0 radical (unpaired) electrons. The van der Waals surface area contributed by atoms with E-state index in [0.717, 1.165) is 9.28 Å². The van der Waals surface area contributed by atoms with E-state index in [0.29, 0.717) is 6.42 Å². The highest BCUT2D eigenvalue weighted by Gasteiger charge is 2.26. The number of nitriles is 1. The van der Waals surface area contributed by atoms with E-state index in [-0.39, 0.29) is 6.42 Å². The molecule has 0 fully saturated rings. The Balaban J connectivity index is 3.59. The molecular weight excluding hydrogens is 402 g/mol. The van der Waals surface area contributed by atoms with E-state index in [1.165, 1.54) is 85.8 Å². The lowest BCUT2D eigenvalue weighted by Crippen LogP contribution is -2.17. The van der Waals surface area contributed by atoms with Gasteiger partial charge in [0.1, 0.15) is 8.28 Å². The van der Waals surface area contributed by atoms with Crippen LogP contribution in [-0.4, -0.2) is 25.1 Å². The molecule has 0 heterocycles. The minimum atomic E-state index is -0.866. The van der Waals surface area contributed by atoms with Crippen LogP contribution in [0.5, 0.6) is 0 Å². The van der Waals surface area contributed by atoms with Gasteiger partial charge in [-0.25, -0.2) is 0 Å². The lowest BCUT2D eigenvalue weighted by atomic mass is 10.1. The summed E-state index contributed by atoms with van der Waals surface area (Å²) >= 11 is 7.03.